The summed E-state index contributed by atoms with van der Waals surface area (Å²) in [6, 6.07) is 71.4. The summed E-state index contributed by atoms with van der Waals surface area (Å²) in [4.78, 5) is 0. The van der Waals surface area contributed by atoms with Gasteiger partial charge in [0.05, 0.1) is 27.8 Å². The van der Waals surface area contributed by atoms with Gasteiger partial charge in [-0.1, -0.05) is 146 Å². The Kier molecular flexibility index (Phi) is 6.09. The first-order valence-corrected chi connectivity index (χ1v) is 18.7. The van der Waals surface area contributed by atoms with Crippen LogP contribution in [0.15, 0.2) is 194 Å². The van der Waals surface area contributed by atoms with Crippen molar-refractivity contribution in [2.45, 2.75) is 0 Å². The van der Waals surface area contributed by atoms with E-state index >= 15 is 0 Å². The number of benzene rings is 9. The molecule has 0 amide bonds. The van der Waals surface area contributed by atoms with E-state index in [0.29, 0.717) is 0 Å². The lowest BCUT2D eigenvalue weighted by molar-refractivity contribution is 1.18. The molecule has 11 aromatic rings. The van der Waals surface area contributed by atoms with Crippen molar-refractivity contribution in [2.24, 2.45) is 0 Å². The summed E-state index contributed by atoms with van der Waals surface area (Å²) in [6.07, 6.45) is 0. The van der Waals surface area contributed by atoms with Gasteiger partial charge in [0.2, 0.25) is 0 Å². The van der Waals surface area contributed by atoms with E-state index in [2.05, 4.69) is 203 Å². The number of rotatable bonds is 4. The Morgan fingerprint density at radius 3 is 1.54 bits per heavy atom. The predicted octanol–water partition coefficient (Wildman–Crippen LogP) is 14.0. The van der Waals surface area contributed by atoms with E-state index in [9.17, 15) is 0 Å². The Hall–Kier alpha value is -7.16. The van der Waals surface area contributed by atoms with Crippen LogP contribution in [-0.2, 0) is 0 Å². The van der Waals surface area contributed by atoms with Crippen LogP contribution in [0.1, 0.15) is 0 Å². The highest BCUT2D eigenvalue weighted by Gasteiger charge is 2.24. The average Bonchev–Trinajstić information content (AvgIpc) is 3.87. The fourth-order valence-corrected chi connectivity index (χ4v) is 9.26. The molecule has 1 aliphatic rings. The van der Waals surface area contributed by atoms with Gasteiger partial charge in [-0.25, -0.2) is 0 Å². The number of aromatic nitrogens is 2. The van der Waals surface area contributed by atoms with Gasteiger partial charge in [0.15, 0.2) is 0 Å². The molecule has 0 N–H and O–H groups in total. The average molecular weight is 685 g/mol. The number of hydrogen-bond acceptors (Lipinski definition) is 0. The monoisotopic (exact) mass is 684 g/mol. The van der Waals surface area contributed by atoms with E-state index < -0.39 is 0 Å². The molecule has 12 rings (SSSR count). The van der Waals surface area contributed by atoms with Crippen molar-refractivity contribution in [2.75, 3.05) is 0 Å². The number of hydrogen-bond donors (Lipinski definition) is 0. The van der Waals surface area contributed by atoms with E-state index in [0.717, 1.165) is 0 Å². The van der Waals surface area contributed by atoms with Crippen LogP contribution in [-0.4, -0.2) is 9.13 Å². The fraction of sp³-hybridized carbons (Fsp3) is 0. The Morgan fingerprint density at radius 2 is 0.778 bits per heavy atom. The zero-order chi connectivity index (χ0) is 35.3. The quantitative estimate of drug-likeness (QED) is 0.175. The second kappa shape index (κ2) is 11.2. The lowest BCUT2D eigenvalue weighted by Gasteiger charge is -2.14. The molecule has 0 bridgehead atoms. The van der Waals surface area contributed by atoms with Gasteiger partial charge in [0.1, 0.15) is 0 Å². The van der Waals surface area contributed by atoms with Crippen LogP contribution in [0.2, 0.25) is 0 Å². The van der Waals surface area contributed by atoms with E-state index in [4.69, 9.17) is 0 Å². The lowest BCUT2D eigenvalue weighted by Crippen LogP contribution is -1.96. The summed E-state index contributed by atoms with van der Waals surface area (Å²) in [6.45, 7) is 0. The van der Waals surface area contributed by atoms with Crippen molar-refractivity contribution >= 4 is 54.4 Å². The predicted molar refractivity (Wildman–Crippen MR) is 228 cm³/mol. The standard InChI is InChI=1S/C52H32N2/c1-2-11-37(12-3-1)53-47-19-8-7-16-41(47)46-31-35(26-29-50(46)53)33-21-23-34(24-22-33)36-25-27-42-40-15-6-9-20-48(40)54(51(42)32-36)49-30-28-44-39-14-5-4-13-38(39)43-17-10-18-45(49)52(43)44/h1-32H. The molecular weight excluding hydrogens is 653 g/mol. The molecule has 0 aliphatic heterocycles. The van der Waals surface area contributed by atoms with Crippen LogP contribution in [0.5, 0.6) is 0 Å². The molecule has 0 radical (unpaired) electrons. The van der Waals surface area contributed by atoms with Gasteiger partial charge >= 0.3 is 0 Å². The SMILES string of the molecule is c1ccc(-n2c3ccccc3c3cc(-c4ccc(-c5ccc6c7ccccc7n(-c7ccc8c9c(cccc79)-c7ccccc7-8)c6c5)cc4)ccc32)cc1. The Labute approximate surface area is 312 Å². The molecule has 54 heavy (non-hydrogen) atoms. The zero-order valence-corrected chi connectivity index (χ0v) is 29.4. The van der Waals surface area contributed by atoms with E-state index in [1.165, 1.54) is 110 Å². The third-order valence-electron chi connectivity index (χ3n) is 11.7. The lowest BCUT2D eigenvalue weighted by atomic mass is 9.98. The summed E-state index contributed by atoms with van der Waals surface area (Å²) in [5.41, 5.74) is 17.4. The van der Waals surface area contributed by atoms with Gasteiger partial charge in [-0.3, -0.25) is 0 Å². The number of para-hydroxylation sites is 3. The molecule has 1 aliphatic carbocycles. The molecular formula is C52H32N2. The smallest absolute Gasteiger partial charge is 0.0547 e. The molecule has 2 heteroatoms. The van der Waals surface area contributed by atoms with Crippen molar-refractivity contribution in [3.05, 3.63) is 194 Å². The van der Waals surface area contributed by atoms with E-state index in [1.807, 2.05) is 0 Å². The maximum absolute atomic E-state index is 2.48. The van der Waals surface area contributed by atoms with Gasteiger partial charge in [-0.05, 0) is 98.4 Å². The minimum atomic E-state index is 1.18. The highest BCUT2D eigenvalue weighted by Crippen LogP contribution is 2.49. The van der Waals surface area contributed by atoms with Crippen LogP contribution in [0.25, 0.3) is 110 Å². The van der Waals surface area contributed by atoms with Crippen molar-refractivity contribution in [1.29, 1.82) is 0 Å². The molecule has 250 valence electrons. The molecule has 9 aromatic carbocycles. The first-order valence-electron chi connectivity index (χ1n) is 18.7. The first-order chi connectivity index (χ1) is 26.8. The van der Waals surface area contributed by atoms with E-state index in [1.54, 1.807) is 0 Å². The molecule has 0 atom stereocenters. The summed E-state index contributed by atoms with van der Waals surface area (Å²) >= 11 is 0. The van der Waals surface area contributed by atoms with Crippen molar-refractivity contribution in [3.63, 3.8) is 0 Å². The number of nitrogens with zero attached hydrogens (tertiary/aromatic N) is 2. The van der Waals surface area contributed by atoms with Gasteiger partial charge < -0.3 is 9.13 Å². The van der Waals surface area contributed by atoms with Crippen LogP contribution in [0.4, 0.5) is 0 Å². The van der Waals surface area contributed by atoms with Crippen LogP contribution in [0, 0.1) is 0 Å². The largest absolute Gasteiger partial charge is 0.309 e. The minimum Gasteiger partial charge on any atom is -0.309 e. The highest BCUT2D eigenvalue weighted by molar-refractivity contribution is 6.19. The summed E-state index contributed by atoms with van der Waals surface area (Å²) in [7, 11) is 0. The molecule has 0 saturated carbocycles. The van der Waals surface area contributed by atoms with Crippen LogP contribution in [0.3, 0.4) is 0 Å². The third-order valence-corrected chi connectivity index (χ3v) is 11.7. The van der Waals surface area contributed by atoms with Crippen LogP contribution < -0.4 is 0 Å². The molecule has 2 heterocycles. The van der Waals surface area contributed by atoms with Gasteiger partial charge in [-0.15, -0.1) is 0 Å². The molecule has 0 unspecified atom stereocenters. The second-order valence-corrected chi connectivity index (χ2v) is 14.5. The summed E-state index contributed by atoms with van der Waals surface area (Å²) in [5, 5.41) is 7.69. The van der Waals surface area contributed by atoms with Crippen molar-refractivity contribution in [1.82, 2.24) is 9.13 Å². The molecule has 2 aromatic heterocycles. The molecule has 0 fully saturated rings. The molecule has 0 spiro atoms. The number of fused-ring (bicyclic) bond motifs is 9. The fourth-order valence-electron chi connectivity index (χ4n) is 9.26. The Balaban J connectivity index is 0.982. The van der Waals surface area contributed by atoms with Crippen molar-refractivity contribution < 1.29 is 0 Å². The summed E-state index contributed by atoms with van der Waals surface area (Å²) < 4.78 is 4.85. The Bertz CT molecular complexity index is 3280. The van der Waals surface area contributed by atoms with Crippen LogP contribution >= 0.6 is 0 Å². The zero-order valence-electron chi connectivity index (χ0n) is 29.4. The molecule has 2 nitrogen and oxygen atoms in total. The maximum atomic E-state index is 2.48. The van der Waals surface area contributed by atoms with E-state index in [-0.39, 0.29) is 0 Å². The highest BCUT2D eigenvalue weighted by atomic mass is 15.0. The third kappa shape index (κ3) is 4.11. The topological polar surface area (TPSA) is 9.86 Å². The normalized spacial score (nSPS) is 12.1. The Morgan fingerprint density at radius 1 is 0.259 bits per heavy atom. The second-order valence-electron chi connectivity index (χ2n) is 14.5. The van der Waals surface area contributed by atoms with Gasteiger partial charge in [-0.2, -0.15) is 0 Å². The van der Waals surface area contributed by atoms with Gasteiger partial charge in [0.25, 0.3) is 0 Å². The minimum absolute atomic E-state index is 1.18. The van der Waals surface area contributed by atoms with Gasteiger partial charge in [0, 0.05) is 32.6 Å². The van der Waals surface area contributed by atoms with Crippen molar-refractivity contribution in [3.8, 4) is 55.9 Å². The summed E-state index contributed by atoms with van der Waals surface area (Å²) in [5.74, 6) is 0. The molecule has 0 saturated heterocycles. The first kappa shape index (κ1) is 29.4. The maximum Gasteiger partial charge on any atom is 0.0547 e.